The first kappa shape index (κ1) is 40.2. The van der Waals surface area contributed by atoms with Crippen LogP contribution in [0.5, 0.6) is 5.75 Å². The number of nitrogens with zero attached hydrogens (tertiary/aromatic N) is 5. The Labute approximate surface area is 321 Å². The van der Waals surface area contributed by atoms with Gasteiger partial charge in [-0.25, -0.2) is 21.6 Å². The highest BCUT2D eigenvalue weighted by molar-refractivity contribution is 7.90. The fraction of sp³-hybridized carbons (Fsp3) is 0.429. The van der Waals surface area contributed by atoms with Crippen molar-refractivity contribution in [2.45, 2.75) is 23.9 Å². The van der Waals surface area contributed by atoms with Gasteiger partial charge in [0.25, 0.3) is 0 Å². The fourth-order valence-electron chi connectivity index (χ4n) is 6.52. The smallest absolute Gasteiger partial charge is 0.326 e. The van der Waals surface area contributed by atoms with Crippen LogP contribution in [0.2, 0.25) is 10.0 Å². The highest BCUT2D eigenvalue weighted by Crippen LogP contribution is 2.46. The summed E-state index contributed by atoms with van der Waals surface area (Å²) in [5, 5.41) is 1.10. The minimum absolute atomic E-state index is 0. The number of sulfonamides is 1. The average Bonchev–Trinajstić information content (AvgIpc) is 3.52. The second-order valence-electron chi connectivity index (χ2n) is 12.7. The van der Waals surface area contributed by atoms with Gasteiger partial charge in [0.15, 0.2) is 0 Å². The van der Waals surface area contributed by atoms with Gasteiger partial charge in [-0.15, -0.1) is 12.4 Å². The summed E-state index contributed by atoms with van der Waals surface area (Å²) < 4.78 is 63.8. The molecule has 3 aliphatic heterocycles. The maximum Gasteiger partial charge on any atom is 0.326 e. The van der Waals surface area contributed by atoms with Gasteiger partial charge in [-0.2, -0.15) is 4.31 Å². The number of aliphatic imine (C=N–C) groups is 1. The molecule has 6 rings (SSSR count). The molecule has 2 atom stereocenters. The lowest BCUT2D eigenvalue weighted by Gasteiger charge is -2.39. The van der Waals surface area contributed by atoms with Crippen molar-refractivity contribution in [3.8, 4) is 5.75 Å². The van der Waals surface area contributed by atoms with Crippen molar-refractivity contribution in [1.82, 2.24) is 19.0 Å². The van der Waals surface area contributed by atoms with Gasteiger partial charge >= 0.3 is 6.03 Å². The van der Waals surface area contributed by atoms with Gasteiger partial charge in [0.1, 0.15) is 27.5 Å². The number of hydrogen-bond donors (Lipinski definition) is 0. The van der Waals surface area contributed by atoms with Gasteiger partial charge in [-0.3, -0.25) is 14.8 Å². The van der Waals surface area contributed by atoms with Gasteiger partial charge in [0.05, 0.1) is 42.1 Å². The van der Waals surface area contributed by atoms with Crippen molar-refractivity contribution in [1.29, 1.82) is 0 Å². The van der Waals surface area contributed by atoms with Crippen molar-refractivity contribution >= 4 is 67.3 Å². The van der Waals surface area contributed by atoms with E-state index < -0.39 is 31.9 Å². The van der Waals surface area contributed by atoms with Crippen LogP contribution in [0, 0.1) is 0 Å². The molecule has 17 heteroatoms. The second kappa shape index (κ2) is 17.0. The molecule has 3 aromatic carbocycles. The van der Waals surface area contributed by atoms with Crippen LogP contribution < -0.4 is 4.74 Å². The van der Waals surface area contributed by atoms with Crippen LogP contribution in [0.4, 0.5) is 4.79 Å². The number of amides is 2. The largest absolute Gasteiger partial charge is 0.493 e. The van der Waals surface area contributed by atoms with Gasteiger partial charge in [-0.1, -0.05) is 47.5 Å². The molecule has 0 aliphatic carbocycles. The van der Waals surface area contributed by atoms with E-state index in [1.54, 1.807) is 40.1 Å². The molecule has 3 aliphatic rings. The third-order valence-corrected chi connectivity index (χ3v) is 12.5. The Morgan fingerprint density at radius 3 is 2.04 bits per heavy atom. The number of carbonyl (C=O) groups excluding carboxylic acids is 1. The van der Waals surface area contributed by atoms with Crippen LogP contribution in [0.1, 0.15) is 35.7 Å². The molecule has 282 valence electrons. The van der Waals surface area contributed by atoms with Crippen molar-refractivity contribution in [3.63, 3.8) is 0 Å². The number of benzene rings is 3. The Hall–Kier alpha value is -2.95. The molecule has 0 radical (unpaired) electrons. The number of urea groups is 1. The zero-order valence-electron chi connectivity index (χ0n) is 28.9. The predicted octanol–water partition coefficient (Wildman–Crippen LogP) is 5.16. The topological polar surface area (TPSA) is 129 Å². The molecule has 3 heterocycles. The number of morpholine rings is 1. The minimum Gasteiger partial charge on any atom is -0.493 e. The first-order valence-corrected chi connectivity index (χ1v) is 21.0. The van der Waals surface area contributed by atoms with Gasteiger partial charge in [0.2, 0.25) is 10.0 Å². The lowest BCUT2D eigenvalue weighted by Crippen LogP contribution is -2.54. The summed E-state index contributed by atoms with van der Waals surface area (Å²) in [6.07, 6.45) is 1.22. The first-order valence-electron chi connectivity index (χ1n) is 16.8. The monoisotopic (exact) mass is 813 g/mol. The van der Waals surface area contributed by atoms with E-state index in [1.807, 2.05) is 36.1 Å². The third-order valence-electron chi connectivity index (χ3n) is 9.22. The number of carbonyl (C=O) groups is 1. The number of rotatable bonds is 10. The SMILES string of the molecule is CCOc1cc(S(=O)(=O)N2CCOCC2)ccc1C1=N[C@@H](c2ccc(Cl)cc2)[C@@H](c2ccc(Cl)cc2)N1C(=O)N1CCN(CCS(C)(=O)=O)CC1.Cl. The molecule has 3 aromatic rings. The molecular formula is C35H42Cl3N5O7S2. The Morgan fingerprint density at radius 1 is 0.865 bits per heavy atom. The van der Waals surface area contributed by atoms with Crippen molar-refractivity contribution in [3.05, 3.63) is 93.5 Å². The van der Waals surface area contributed by atoms with Crippen LogP contribution >= 0.6 is 35.6 Å². The Balaban J connectivity index is 0.00000523. The summed E-state index contributed by atoms with van der Waals surface area (Å²) >= 11 is 12.6. The summed E-state index contributed by atoms with van der Waals surface area (Å²) in [4.78, 5) is 25.6. The molecule has 52 heavy (non-hydrogen) atoms. The van der Waals surface area contributed by atoms with E-state index in [4.69, 9.17) is 37.7 Å². The molecule has 0 aromatic heterocycles. The molecule has 2 fully saturated rings. The van der Waals surface area contributed by atoms with E-state index in [1.165, 1.54) is 22.7 Å². The summed E-state index contributed by atoms with van der Waals surface area (Å²) in [6.45, 7) is 5.32. The van der Waals surface area contributed by atoms with Crippen LogP contribution in [0.3, 0.4) is 0 Å². The van der Waals surface area contributed by atoms with Crippen LogP contribution in [-0.2, 0) is 24.6 Å². The summed E-state index contributed by atoms with van der Waals surface area (Å²) in [5.41, 5.74) is 2.08. The van der Waals surface area contributed by atoms with E-state index >= 15 is 0 Å². The number of hydrogen-bond acceptors (Lipinski definition) is 9. The molecule has 0 spiro atoms. The van der Waals surface area contributed by atoms with E-state index in [9.17, 15) is 21.6 Å². The fourth-order valence-corrected chi connectivity index (χ4v) is 8.79. The molecule has 2 saturated heterocycles. The van der Waals surface area contributed by atoms with Crippen LogP contribution in [0.25, 0.3) is 0 Å². The quantitative estimate of drug-likeness (QED) is 0.275. The van der Waals surface area contributed by atoms with E-state index in [0.29, 0.717) is 67.4 Å². The average molecular weight is 815 g/mol. The number of sulfone groups is 1. The number of piperazine rings is 1. The lowest BCUT2D eigenvalue weighted by atomic mass is 9.93. The lowest BCUT2D eigenvalue weighted by molar-refractivity contribution is 0.0730. The summed E-state index contributed by atoms with van der Waals surface area (Å²) in [5.74, 6) is 0.654. The van der Waals surface area contributed by atoms with Crippen LogP contribution in [0.15, 0.2) is 76.6 Å². The maximum atomic E-state index is 14.8. The van der Waals surface area contributed by atoms with E-state index in [0.717, 1.165) is 11.1 Å². The number of ether oxygens (including phenoxy) is 2. The number of halogens is 3. The van der Waals surface area contributed by atoms with Gasteiger partial charge < -0.3 is 14.4 Å². The Kier molecular flexibility index (Phi) is 13.2. The van der Waals surface area contributed by atoms with E-state index in [-0.39, 0.29) is 54.5 Å². The maximum absolute atomic E-state index is 14.8. The minimum atomic E-state index is -3.85. The molecule has 0 saturated carbocycles. The summed E-state index contributed by atoms with van der Waals surface area (Å²) in [6, 6.07) is 17.8. The summed E-state index contributed by atoms with van der Waals surface area (Å²) in [7, 11) is -6.98. The predicted molar refractivity (Wildman–Crippen MR) is 204 cm³/mol. The zero-order valence-corrected chi connectivity index (χ0v) is 32.8. The van der Waals surface area contributed by atoms with Crippen molar-refractivity contribution in [2.24, 2.45) is 4.99 Å². The van der Waals surface area contributed by atoms with Crippen molar-refractivity contribution in [2.75, 3.05) is 77.6 Å². The zero-order chi connectivity index (χ0) is 36.3. The third kappa shape index (κ3) is 9.04. The standard InChI is InChI=1S/C35H41Cl2N5O7S2.ClH/c1-3-49-31-24-29(51(46,47)41-18-21-48-22-19-41)12-13-30(31)34-38-32(25-4-8-27(36)9-5-25)33(26-6-10-28(37)11-7-26)42(34)35(43)40-16-14-39(15-17-40)20-23-50(2,44)45;/h4-13,24,32-33H,3,14-23H2,1-2H3;1H/t32-,33+;/m0./s1. The number of amidine groups is 1. The Bertz CT molecular complexity index is 1970. The van der Waals surface area contributed by atoms with Crippen LogP contribution in [-0.4, -0.2) is 125 Å². The highest BCUT2D eigenvalue weighted by Gasteiger charge is 2.45. The highest BCUT2D eigenvalue weighted by atomic mass is 35.5. The Morgan fingerprint density at radius 2 is 1.46 bits per heavy atom. The molecule has 0 bridgehead atoms. The second-order valence-corrected chi connectivity index (χ2v) is 17.7. The first-order chi connectivity index (χ1) is 24.4. The molecule has 0 unspecified atom stereocenters. The van der Waals surface area contributed by atoms with Gasteiger partial charge in [0, 0.05) is 68.2 Å². The molecule has 12 nitrogen and oxygen atoms in total. The van der Waals surface area contributed by atoms with E-state index in [2.05, 4.69) is 0 Å². The molecule has 2 amide bonds. The van der Waals surface area contributed by atoms with Gasteiger partial charge in [-0.05, 0) is 54.4 Å². The normalized spacial score (nSPS) is 20.3. The molecule has 0 N–H and O–H groups in total. The molecular weight excluding hydrogens is 773 g/mol. The van der Waals surface area contributed by atoms with Crippen molar-refractivity contribution < 1.29 is 31.1 Å².